The highest BCUT2D eigenvalue weighted by Crippen LogP contribution is 2.13. The second-order valence-corrected chi connectivity index (χ2v) is 3.31. The number of rotatable bonds is 8. The van der Waals surface area contributed by atoms with E-state index in [1.165, 1.54) is 0 Å². The molecule has 0 aliphatic carbocycles. The summed E-state index contributed by atoms with van der Waals surface area (Å²) in [4.78, 5) is 8.51. The molecule has 0 radical (unpaired) electrons. The van der Waals surface area contributed by atoms with Crippen LogP contribution in [0.4, 0.5) is 5.82 Å². The Morgan fingerprint density at radius 1 is 1.18 bits per heavy atom. The van der Waals surface area contributed by atoms with Crippen LogP contribution in [0.25, 0.3) is 0 Å². The summed E-state index contributed by atoms with van der Waals surface area (Å²) in [6.07, 6.45) is 0. The summed E-state index contributed by atoms with van der Waals surface area (Å²) in [5.41, 5.74) is 0. The van der Waals surface area contributed by atoms with Crippen molar-refractivity contribution < 1.29 is 14.2 Å². The zero-order valence-corrected chi connectivity index (χ0v) is 10.5. The van der Waals surface area contributed by atoms with Crippen molar-refractivity contribution >= 4 is 5.82 Å². The largest absolute Gasteiger partial charge is 0.475 e. The minimum atomic E-state index is 0.361. The molecule has 0 aliphatic rings. The van der Waals surface area contributed by atoms with E-state index in [2.05, 4.69) is 15.3 Å². The van der Waals surface area contributed by atoms with Gasteiger partial charge in [-0.3, -0.25) is 0 Å². The number of methoxy groups -OCH3 is 2. The molecule has 0 bridgehead atoms. The van der Waals surface area contributed by atoms with E-state index in [-0.39, 0.29) is 0 Å². The molecule has 0 aromatic carbocycles. The summed E-state index contributed by atoms with van der Waals surface area (Å²) in [5.74, 6) is 1.86. The van der Waals surface area contributed by atoms with Crippen LogP contribution in [0.5, 0.6) is 5.88 Å². The van der Waals surface area contributed by atoms with Crippen molar-refractivity contribution in [1.29, 1.82) is 0 Å². The highest BCUT2D eigenvalue weighted by molar-refractivity contribution is 5.38. The molecule has 0 amide bonds. The maximum Gasteiger partial charge on any atom is 0.218 e. The van der Waals surface area contributed by atoms with Gasteiger partial charge < -0.3 is 19.5 Å². The Bertz CT molecular complexity index is 309. The number of ether oxygens (including phenoxy) is 3. The molecule has 1 rings (SSSR count). The Balaban J connectivity index is 2.72. The minimum absolute atomic E-state index is 0.361. The monoisotopic (exact) mass is 241 g/mol. The fourth-order valence-corrected chi connectivity index (χ4v) is 1.24. The third kappa shape index (κ3) is 4.97. The predicted molar refractivity (Wildman–Crippen MR) is 64.3 cm³/mol. The van der Waals surface area contributed by atoms with Crippen LogP contribution < -0.4 is 10.1 Å². The van der Waals surface area contributed by atoms with Crippen molar-refractivity contribution in [3.8, 4) is 5.88 Å². The van der Waals surface area contributed by atoms with E-state index >= 15 is 0 Å². The third-order valence-corrected chi connectivity index (χ3v) is 1.92. The van der Waals surface area contributed by atoms with Gasteiger partial charge in [0.1, 0.15) is 19.0 Å². The Morgan fingerprint density at radius 2 is 2.00 bits per heavy atom. The lowest BCUT2D eigenvalue weighted by Gasteiger charge is -2.09. The van der Waals surface area contributed by atoms with Crippen molar-refractivity contribution in [1.82, 2.24) is 9.97 Å². The summed E-state index contributed by atoms with van der Waals surface area (Å²) in [7, 11) is 3.23. The molecule has 1 aromatic heterocycles. The number of nitrogens with one attached hydrogen (secondary N) is 1. The predicted octanol–water partition coefficient (Wildman–Crippen LogP) is 1.08. The maximum atomic E-state index is 5.45. The zero-order valence-electron chi connectivity index (χ0n) is 10.5. The normalized spacial score (nSPS) is 10.3. The summed E-state index contributed by atoms with van der Waals surface area (Å²) in [6, 6.07) is 1.76. The van der Waals surface area contributed by atoms with Crippen molar-refractivity contribution in [2.45, 2.75) is 13.5 Å². The summed E-state index contributed by atoms with van der Waals surface area (Å²) < 4.78 is 15.4. The quantitative estimate of drug-likeness (QED) is 0.687. The Hall–Kier alpha value is -1.40. The second kappa shape index (κ2) is 7.81. The van der Waals surface area contributed by atoms with E-state index in [4.69, 9.17) is 14.2 Å². The van der Waals surface area contributed by atoms with E-state index < -0.39 is 0 Å². The fraction of sp³-hybridized carbons (Fsp3) is 0.636. The van der Waals surface area contributed by atoms with Crippen LogP contribution in [0, 0.1) is 0 Å². The highest BCUT2D eigenvalue weighted by Gasteiger charge is 2.05. The van der Waals surface area contributed by atoms with Gasteiger partial charge in [0.05, 0.1) is 6.61 Å². The highest BCUT2D eigenvalue weighted by atomic mass is 16.5. The average Bonchev–Trinajstić information content (AvgIpc) is 2.30. The molecule has 1 N–H and O–H groups in total. The molecule has 1 heterocycles. The zero-order chi connectivity index (χ0) is 12.5. The van der Waals surface area contributed by atoms with Gasteiger partial charge in [0.25, 0.3) is 0 Å². The third-order valence-electron chi connectivity index (χ3n) is 1.92. The maximum absolute atomic E-state index is 5.45. The average molecular weight is 241 g/mol. The van der Waals surface area contributed by atoms with Gasteiger partial charge in [-0.1, -0.05) is 0 Å². The molecule has 0 spiro atoms. The lowest BCUT2D eigenvalue weighted by molar-refractivity contribution is 0.142. The number of hydrogen-bond acceptors (Lipinski definition) is 6. The van der Waals surface area contributed by atoms with E-state index in [9.17, 15) is 0 Å². The van der Waals surface area contributed by atoms with Crippen LogP contribution in [0.2, 0.25) is 0 Å². The number of aromatic nitrogens is 2. The SMILES string of the molecule is CCNc1cc(OCCOC)nc(COC)n1. The molecule has 0 aliphatic heterocycles. The van der Waals surface area contributed by atoms with Crippen LogP contribution in [0.3, 0.4) is 0 Å². The Kier molecular flexibility index (Phi) is 6.27. The smallest absolute Gasteiger partial charge is 0.218 e. The van der Waals surface area contributed by atoms with Crippen LogP contribution in [-0.4, -0.2) is 43.9 Å². The molecular weight excluding hydrogens is 222 g/mol. The molecule has 0 fully saturated rings. The van der Waals surface area contributed by atoms with Crippen LogP contribution in [0.1, 0.15) is 12.7 Å². The molecule has 0 saturated heterocycles. The van der Waals surface area contributed by atoms with Gasteiger partial charge in [-0.15, -0.1) is 0 Å². The molecule has 6 nitrogen and oxygen atoms in total. The first-order valence-corrected chi connectivity index (χ1v) is 5.52. The minimum Gasteiger partial charge on any atom is -0.475 e. The molecule has 17 heavy (non-hydrogen) atoms. The van der Waals surface area contributed by atoms with Crippen molar-refractivity contribution in [2.24, 2.45) is 0 Å². The van der Waals surface area contributed by atoms with Crippen molar-refractivity contribution in [3.05, 3.63) is 11.9 Å². The number of hydrogen-bond donors (Lipinski definition) is 1. The molecular formula is C11H19N3O3. The van der Waals surface area contributed by atoms with E-state index in [1.54, 1.807) is 20.3 Å². The molecule has 0 atom stereocenters. The Morgan fingerprint density at radius 3 is 2.65 bits per heavy atom. The topological polar surface area (TPSA) is 65.5 Å². The van der Waals surface area contributed by atoms with Gasteiger partial charge in [0, 0.05) is 26.8 Å². The lowest BCUT2D eigenvalue weighted by atomic mass is 10.5. The van der Waals surface area contributed by atoms with Gasteiger partial charge in [0.15, 0.2) is 5.82 Å². The van der Waals surface area contributed by atoms with E-state index in [1.807, 2.05) is 6.92 Å². The molecule has 1 aromatic rings. The number of anilines is 1. The van der Waals surface area contributed by atoms with Crippen LogP contribution in [0.15, 0.2) is 6.07 Å². The van der Waals surface area contributed by atoms with Crippen LogP contribution in [-0.2, 0) is 16.1 Å². The standard InChI is InChI=1S/C11H19N3O3/c1-4-12-9-7-11(17-6-5-15-2)14-10(13-9)8-16-3/h7H,4-6,8H2,1-3H3,(H,12,13,14). The first kappa shape index (κ1) is 13.7. The first-order chi connectivity index (χ1) is 8.30. The number of nitrogens with zero attached hydrogens (tertiary/aromatic N) is 2. The Labute approximate surface area is 101 Å². The molecule has 0 saturated carbocycles. The van der Waals surface area contributed by atoms with Gasteiger partial charge in [-0.25, -0.2) is 4.98 Å². The van der Waals surface area contributed by atoms with Crippen molar-refractivity contribution in [3.63, 3.8) is 0 Å². The summed E-state index contributed by atoms with van der Waals surface area (Å²) in [5, 5.41) is 3.12. The van der Waals surface area contributed by atoms with Gasteiger partial charge >= 0.3 is 0 Å². The van der Waals surface area contributed by atoms with E-state index in [0.29, 0.717) is 31.5 Å². The molecule has 96 valence electrons. The summed E-state index contributed by atoms with van der Waals surface area (Å²) >= 11 is 0. The van der Waals surface area contributed by atoms with E-state index in [0.717, 1.165) is 12.4 Å². The van der Waals surface area contributed by atoms with Gasteiger partial charge in [-0.05, 0) is 6.92 Å². The fourth-order valence-electron chi connectivity index (χ4n) is 1.24. The molecule has 0 unspecified atom stereocenters. The van der Waals surface area contributed by atoms with Crippen LogP contribution >= 0.6 is 0 Å². The second-order valence-electron chi connectivity index (χ2n) is 3.31. The first-order valence-electron chi connectivity index (χ1n) is 5.52. The van der Waals surface area contributed by atoms with Gasteiger partial charge in [0.2, 0.25) is 5.88 Å². The summed E-state index contributed by atoms with van der Waals surface area (Å²) in [6.45, 7) is 4.15. The molecule has 6 heteroatoms. The lowest BCUT2D eigenvalue weighted by Crippen LogP contribution is -2.09. The van der Waals surface area contributed by atoms with Crippen molar-refractivity contribution in [2.75, 3.05) is 39.3 Å². The van der Waals surface area contributed by atoms with Gasteiger partial charge in [-0.2, -0.15) is 4.98 Å².